The molecule has 0 aromatic heterocycles. The minimum Gasteiger partial charge on any atom is -0.346 e. The molecule has 0 radical (unpaired) electrons. The van der Waals surface area contributed by atoms with Crippen LogP contribution < -0.4 is 5.32 Å². The normalized spacial score (nSPS) is 16.9. The van der Waals surface area contributed by atoms with Gasteiger partial charge in [-0.25, -0.2) is 4.79 Å². The number of carbonyl (C=O) groups excluding carboxylic acids is 6. The lowest BCUT2D eigenvalue weighted by Gasteiger charge is -2.23. The first-order chi connectivity index (χ1) is 16.8. The summed E-state index contributed by atoms with van der Waals surface area (Å²) in [6.45, 7) is 11.0. The summed E-state index contributed by atoms with van der Waals surface area (Å²) >= 11 is 0. The molecule has 1 saturated heterocycles. The number of Topliss-reactive ketones (excluding diaryl/α,β-unsaturated/α-hetero) is 2. The molecule has 13 heteroatoms. The Balaban J connectivity index is 2.77. The minimum absolute atomic E-state index is 0.0435. The third-order valence-corrected chi connectivity index (χ3v) is 7.19. The van der Waals surface area contributed by atoms with Crippen LogP contribution in [0.1, 0.15) is 86.5 Å². The number of imide groups is 1. The number of amides is 3. The number of ketones is 2. The van der Waals surface area contributed by atoms with E-state index < -0.39 is 69.6 Å². The number of hydroxylamine groups is 2. The summed E-state index contributed by atoms with van der Waals surface area (Å²) in [5.41, 5.74) is -0.0435. The Morgan fingerprint density at radius 3 is 2.03 bits per heavy atom. The summed E-state index contributed by atoms with van der Waals surface area (Å²) in [5.74, 6) is -5.55. The van der Waals surface area contributed by atoms with Crippen LogP contribution >= 0.6 is 0 Å². The number of carbonyl (C=O) groups is 6. The molecule has 210 valence electrons. The number of nitrogens with one attached hydrogen (secondary N) is 1. The zero-order valence-corrected chi connectivity index (χ0v) is 23.1. The van der Waals surface area contributed by atoms with E-state index in [1.807, 2.05) is 20.8 Å². The first-order valence-electron chi connectivity index (χ1n) is 12.2. The van der Waals surface area contributed by atoms with Crippen molar-refractivity contribution in [2.24, 2.45) is 17.3 Å². The maximum absolute atomic E-state index is 12.8. The second-order valence-electron chi connectivity index (χ2n) is 10.9. The maximum atomic E-state index is 12.8. The van der Waals surface area contributed by atoms with Gasteiger partial charge in [0.2, 0.25) is 5.91 Å². The fourth-order valence-corrected chi connectivity index (χ4v) is 4.28. The summed E-state index contributed by atoms with van der Waals surface area (Å²) in [6.07, 6.45) is -0.948. The van der Waals surface area contributed by atoms with Crippen LogP contribution in [0, 0.1) is 17.3 Å². The fourth-order valence-electron chi connectivity index (χ4n) is 3.58. The molecule has 1 unspecified atom stereocenters. The standard InChI is InChI=1S/C24H38N2O10S/c1-14(2)17(22(31)25-15(3)18(28)11-12-24(4,5)6)13-16(27)7-8-19(37(33,34)35)23(32)36-26-20(29)9-10-21(26)30/h14-15,17,19H,7-13H2,1-6H3,(H,25,31)(H,33,34,35)/t15-,17-,19?/m0/s1. The SMILES string of the molecule is CC(C)[C@H](CC(=O)CCC(C(=O)ON1C(=O)CCC1=O)S(=O)(=O)O)C(=O)N[C@@H](C)C(=O)CCC(C)(C)C. The average Bonchev–Trinajstić information content (AvgIpc) is 3.06. The molecule has 0 aliphatic carbocycles. The van der Waals surface area contributed by atoms with Gasteiger partial charge < -0.3 is 10.2 Å². The molecule has 0 bridgehead atoms. The molecule has 1 heterocycles. The molecule has 37 heavy (non-hydrogen) atoms. The highest BCUT2D eigenvalue weighted by molar-refractivity contribution is 7.87. The van der Waals surface area contributed by atoms with Crippen molar-refractivity contribution in [1.29, 1.82) is 0 Å². The van der Waals surface area contributed by atoms with E-state index in [2.05, 4.69) is 10.2 Å². The first kappa shape index (κ1) is 32.4. The molecule has 1 aliphatic heterocycles. The van der Waals surface area contributed by atoms with Gasteiger partial charge in [0.05, 0.1) is 6.04 Å². The Kier molecular flexibility index (Phi) is 11.6. The van der Waals surface area contributed by atoms with Gasteiger partial charge in [0.25, 0.3) is 21.9 Å². The zero-order valence-electron chi connectivity index (χ0n) is 22.2. The highest BCUT2D eigenvalue weighted by atomic mass is 32.2. The Bertz CT molecular complexity index is 997. The zero-order chi connectivity index (χ0) is 28.7. The van der Waals surface area contributed by atoms with Gasteiger partial charge in [0.1, 0.15) is 5.78 Å². The second-order valence-corrected chi connectivity index (χ2v) is 12.5. The largest absolute Gasteiger partial charge is 0.353 e. The molecule has 0 spiro atoms. The summed E-state index contributed by atoms with van der Waals surface area (Å²) in [4.78, 5) is 77.9. The fraction of sp³-hybridized carbons (Fsp3) is 0.750. The van der Waals surface area contributed by atoms with E-state index in [1.54, 1.807) is 20.8 Å². The summed E-state index contributed by atoms with van der Waals surface area (Å²) in [7, 11) is -5.03. The monoisotopic (exact) mass is 546 g/mol. The Morgan fingerprint density at radius 2 is 1.57 bits per heavy atom. The summed E-state index contributed by atoms with van der Waals surface area (Å²) in [5, 5.41) is 0.579. The molecule has 12 nitrogen and oxygen atoms in total. The Hall–Kier alpha value is -2.67. The lowest BCUT2D eigenvalue weighted by molar-refractivity contribution is -0.197. The van der Waals surface area contributed by atoms with Crippen molar-refractivity contribution in [1.82, 2.24) is 10.4 Å². The van der Waals surface area contributed by atoms with Crippen LogP contribution in [0.15, 0.2) is 0 Å². The summed E-state index contributed by atoms with van der Waals surface area (Å²) in [6, 6.07) is -0.749. The number of hydrogen-bond acceptors (Lipinski definition) is 9. The van der Waals surface area contributed by atoms with Crippen LogP contribution in [0.2, 0.25) is 0 Å². The van der Waals surface area contributed by atoms with Crippen LogP contribution in [-0.4, -0.2) is 64.6 Å². The van der Waals surface area contributed by atoms with Crippen molar-refractivity contribution in [3.8, 4) is 0 Å². The van der Waals surface area contributed by atoms with Crippen LogP contribution in [0.25, 0.3) is 0 Å². The van der Waals surface area contributed by atoms with Gasteiger partial charge >= 0.3 is 5.97 Å². The van der Waals surface area contributed by atoms with Crippen molar-refractivity contribution >= 4 is 45.4 Å². The van der Waals surface area contributed by atoms with Gasteiger partial charge in [-0.15, -0.1) is 5.06 Å². The van der Waals surface area contributed by atoms with E-state index in [0.717, 1.165) is 0 Å². The highest BCUT2D eigenvalue weighted by Gasteiger charge is 2.39. The molecule has 0 saturated carbocycles. The Labute approximate surface area is 217 Å². The molecule has 1 aliphatic rings. The smallest absolute Gasteiger partial charge is 0.346 e. The van der Waals surface area contributed by atoms with Crippen LogP contribution in [-0.2, 0) is 43.7 Å². The van der Waals surface area contributed by atoms with Crippen molar-refractivity contribution in [3.05, 3.63) is 0 Å². The third kappa shape index (κ3) is 10.7. The molecule has 3 amide bonds. The Morgan fingerprint density at radius 1 is 1.03 bits per heavy atom. The molecule has 1 rings (SSSR count). The van der Waals surface area contributed by atoms with Crippen molar-refractivity contribution in [2.45, 2.75) is 97.8 Å². The van der Waals surface area contributed by atoms with Crippen molar-refractivity contribution < 1.29 is 46.6 Å². The van der Waals surface area contributed by atoms with Gasteiger partial charge in [-0.3, -0.25) is 28.5 Å². The quantitative estimate of drug-likeness (QED) is 0.241. The highest BCUT2D eigenvalue weighted by Crippen LogP contribution is 2.22. The van der Waals surface area contributed by atoms with E-state index in [0.29, 0.717) is 6.42 Å². The van der Waals surface area contributed by atoms with Gasteiger partial charge in [-0.2, -0.15) is 8.42 Å². The molecule has 3 atom stereocenters. The predicted molar refractivity (Wildman–Crippen MR) is 131 cm³/mol. The number of rotatable bonds is 14. The van der Waals surface area contributed by atoms with Gasteiger partial charge in [0.15, 0.2) is 11.0 Å². The first-order valence-corrected chi connectivity index (χ1v) is 13.7. The second kappa shape index (κ2) is 13.2. The molecule has 0 aromatic carbocycles. The molecule has 2 N–H and O–H groups in total. The number of hydrogen-bond donors (Lipinski definition) is 2. The van der Waals surface area contributed by atoms with Crippen LogP contribution in [0.3, 0.4) is 0 Å². The number of nitrogens with zero attached hydrogens (tertiary/aromatic N) is 1. The maximum Gasteiger partial charge on any atom is 0.353 e. The molecule has 1 fully saturated rings. The van der Waals surface area contributed by atoms with E-state index in [9.17, 15) is 41.7 Å². The minimum atomic E-state index is -5.03. The molecule has 0 aromatic rings. The van der Waals surface area contributed by atoms with Crippen molar-refractivity contribution in [2.75, 3.05) is 0 Å². The third-order valence-electron chi connectivity index (χ3n) is 6.05. The molecular formula is C24H38N2O10S. The van der Waals surface area contributed by atoms with E-state index >= 15 is 0 Å². The lowest BCUT2D eigenvalue weighted by Crippen LogP contribution is -2.44. The van der Waals surface area contributed by atoms with Gasteiger partial charge in [-0.1, -0.05) is 34.6 Å². The van der Waals surface area contributed by atoms with Crippen molar-refractivity contribution in [3.63, 3.8) is 0 Å². The van der Waals surface area contributed by atoms with Gasteiger partial charge in [-0.05, 0) is 31.1 Å². The predicted octanol–water partition coefficient (Wildman–Crippen LogP) is 1.76. The van der Waals surface area contributed by atoms with Gasteiger partial charge in [0, 0.05) is 38.0 Å². The van der Waals surface area contributed by atoms with E-state index in [1.165, 1.54) is 0 Å². The van der Waals surface area contributed by atoms with Crippen LogP contribution in [0.5, 0.6) is 0 Å². The van der Waals surface area contributed by atoms with E-state index in [4.69, 9.17) is 0 Å². The lowest BCUT2D eigenvalue weighted by atomic mass is 9.87. The van der Waals surface area contributed by atoms with Crippen LogP contribution in [0.4, 0.5) is 0 Å². The average molecular weight is 547 g/mol. The van der Waals surface area contributed by atoms with E-state index in [-0.39, 0.29) is 47.9 Å². The molecular weight excluding hydrogens is 508 g/mol. The summed E-state index contributed by atoms with van der Waals surface area (Å²) < 4.78 is 32.9. The topological polar surface area (TPSA) is 181 Å².